The van der Waals surface area contributed by atoms with Crippen molar-refractivity contribution in [3.05, 3.63) is 58.2 Å². The number of pyridine rings is 1. The molecule has 4 rings (SSSR count). The van der Waals surface area contributed by atoms with Crippen LogP contribution >= 0.6 is 11.3 Å². The van der Waals surface area contributed by atoms with Gasteiger partial charge in [0.05, 0.1) is 10.7 Å². The molecule has 1 saturated heterocycles. The first-order valence-electron chi connectivity index (χ1n) is 8.84. The maximum Gasteiger partial charge on any atom is 0.410 e. The number of rotatable bonds is 3. The van der Waals surface area contributed by atoms with Gasteiger partial charge in [0.1, 0.15) is 11.6 Å². The summed E-state index contributed by atoms with van der Waals surface area (Å²) in [5.41, 5.74) is 3.93. The summed E-state index contributed by atoms with van der Waals surface area (Å²) in [4.78, 5) is 23.7. The second-order valence-electron chi connectivity index (χ2n) is 6.66. The van der Waals surface area contributed by atoms with Gasteiger partial charge in [-0.1, -0.05) is 30.3 Å². The van der Waals surface area contributed by atoms with Crippen LogP contribution in [0.25, 0.3) is 10.3 Å². The van der Waals surface area contributed by atoms with Crippen LogP contribution in [0.15, 0.2) is 36.4 Å². The fourth-order valence-electron chi connectivity index (χ4n) is 3.25. The molecule has 26 heavy (non-hydrogen) atoms. The molecule has 5 nitrogen and oxygen atoms in total. The number of aromatic nitrogens is 2. The molecule has 0 radical (unpaired) electrons. The molecule has 3 aromatic rings. The number of nitrogens with zero attached hydrogens (tertiary/aromatic N) is 3. The third-order valence-corrected chi connectivity index (χ3v) is 5.91. The first kappa shape index (κ1) is 17.0. The molecule has 1 fully saturated rings. The normalized spacial score (nSPS) is 17.0. The smallest absolute Gasteiger partial charge is 0.410 e. The van der Waals surface area contributed by atoms with Gasteiger partial charge in [0.15, 0.2) is 5.65 Å². The molecular formula is C20H21N3O2S. The average Bonchev–Trinajstić information content (AvgIpc) is 3.27. The van der Waals surface area contributed by atoms with Crippen LogP contribution in [0.2, 0.25) is 0 Å². The van der Waals surface area contributed by atoms with E-state index in [9.17, 15) is 4.79 Å². The van der Waals surface area contributed by atoms with Crippen molar-refractivity contribution in [1.29, 1.82) is 0 Å². The second kappa shape index (κ2) is 7.03. The number of hydrogen-bond acceptors (Lipinski definition) is 5. The van der Waals surface area contributed by atoms with E-state index < -0.39 is 0 Å². The van der Waals surface area contributed by atoms with E-state index in [1.807, 2.05) is 37.3 Å². The lowest BCUT2D eigenvalue weighted by Gasteiger charge is -2.22. The van der Waals surface area contributed by atoms with Crippen LogP contribution in [0, 0.1) is 13.8 Å². The van der Waals surface area contributed by atoms with E-state index in [2.05, 4.69) is 18.0 Å². The fourth-order valence-corrected chi connectivity index (χ4v) is 4.41. The Morgan fingerprint density at radius 3 is 2.88 bits per heavy atom. The van der Waals surface area contributed by atoms with Crippen LogP contribution in [0.5, 0.6) is 0 Å². The minimum Gasteiger partial charge on any atom is -0.445 e. The quantitative estimate of drug-likeness (QED) is 0.668. The molecule has 0 aliphatic carbocycles. The molecule has 1 aliphatic heterocycles. The number of carbonyl (C=O) groups excluding carboxylic acids is 1. The van der Waals surface area contributed by atoms with Crippen molar-refractivity contribution in [2.75, 3.05) is 6.54 Å². The van der Waals surface area contributed by atoms with E-state index >= 15 is 0 Å². The van der Waals surface area contributed by atoms with E-state index in [4.69, 9.17) is 9.72 Å². The maximum atomic E-state index is 12.6. The first-order chi connectivity index (χ1) is 12.6. The number of likely N-dealkylation sites (tertiary alicyclic amines) is 1. The Morgan fingerprint density at radius 1 is 1.27 bits per heavy atom. The van der Waals surface area contributed by atoms with Gasteiger partial charge < -0.3 is 4.74 Å². The number of ether oxygens (including phenoxy) is 1. The number of hydrogen-bond donors (Lipinski definition) is 0. The van der Waals surface area contributed by atoms with Crippen LogP contribution in [-0.2, 0) is 11.3 Å². The van der Waals surface area contributed by atoms with E-state index in [0.29, 0.717) is 13.2 Å². The third kappa shape index (κ3) is 3.29. The molecule has 0 saturated carbocycles. The molecule has 0 unspecified atom stereocenters. The highest BCUT2D eigenvalue weighted by molar-refractivity contribution is 7.18. The number of fused-ring (bicyclic) bond motifs is 1. The fraction of sp³-hybridized carbons (Fsp3) is 0.350. The van der Waals surface area contributed by atoms with E-state index in [0.717, 1.165) is 39.5 Å². The molecule has 1 amide bonds. The van der Waals surface area contributed by atoms with Gasteiger partial charge >= 0.3 is 6.09 Å². The lowest BCUT2D eigenvalue weighted by atomic mass is 10.2. The molecule has 0 bridgehead atoms. The van der Waals surface area contributed by atoms with Crippen molar-refractivity contribution in [3.8, 4) is 0 Å². The van der Waals surface area contributed by atoms with Gasteiger partial charge in [-0.2, -0.15) is 0 Å². The summed E-state index contributed by atoms with van der Waals surface area (Å²) in [6, 6.07) is 11.9. The number of carbonyl (C=O) groups is 1. The molecule has 3 heterocycles. The predicted molar refractivity (Wildman–Crippen MR) is 102 cm³/mol. The molecule has 6 heteroatoms. The summed E-state index contributed by atoms with van der Waals surface area (Å²) in [5, 5.41) is 0.951. The Bertz CT molecular complexity index is 900. The van der Waals surface area contributed by atoms with E-state index in [-0.39, 0.29) is 12.1 Å². The molecule has 1 atom stereocenters. The van der Waals surface area contributed by atoms with Crippen molar-refractivity contribution in [1.82, 2.24) is 14.9 Å². The molecule has 1 aromatic carbocycles. The second-order valence-corrected chi connectivity index (χ2v) is 7.72. The van der Waals surface area contributed by atoms with Gasteiger partial charge in [-0.15, -0.1) is 11.3 Å². The molecule has 0 N–H and O–H groups in total. The Labute approximate surface area is 156 Å². The molecule has 134 valence electrons. The lowest BCUT2D eigenvalue weighted by molar-refractivity contribution is 0.0920. The molecular weight excluding hydrogens is 346 g/mol. The van der Waals surface area contributed by atoms with Crippen molar-refractivity contribution in [2.24, 2.45) is 0 Å². The Hall–Kier alpha value is -2.47. The number of thiazole rings is 1. The van der Waals surface area contributed by atoms with Gasteiger partial charge in [-0.3, -0.25) is 4.90 Å². The van der Waals surface area contributed by atoms with Crippen LogP contribution < -0.4 is 0 Å². The highest BCUT2D eigenvalue weighted by Gasteiger charge is 2.33. The number of aryl methyl sites for hydroxylation is 2. The number of benzene rings is 1. The van der Waals surface area contributed by atoms with Gasteiger partial charge in [0.2, 0.25) is 0 Å². The lowest BCUT2D eigenvalue weighted by Crippen LogP contribution is -2.31. The highest BCUT2D eigenvalue weighted by atomic mass is 32.1. The van der Waals surface area contributed by atoms with Crippen LogP contribution in [0.3, 0.4) is 0 Å². The predicted octanol–water partition coefficient (Wildman–Crippen LogP) is 4.78. The van der Waals surface area contributed by atoms with Gasteiger partial charge in [0.25, 0.3) is 0 Å². The molecule has 2 aromatic heterocycles. The van der Waals surface area contributed by atoms with Gasteiger partial charge in [0, 0.05) is 12.2 Å². The Morgan fingerprint density at radius 2 is 2.08 bits per heavy atom. The topological polar surface area (TPSA) is 55.3 Å². The van der Waals surface area contributed by atoms with E-state index in [1.165, 1.54) is 5.56 Å². The SMILES string of the molecule is Cc1cc2sc([C@H]3CCCN3C(=O)OCc3ccccc3)nc2nc1C. The zero-order valence-corrected chi connectivity index (χ0v) is 15.8. The summed E-state index contributed by atoms with van der Waals surface area (Å²) < 4.78 is 6.60. The van der Waals surface area contributed by atoms with E-state index in [1.54, 1.807) is 16.2 Å². The standard InChI is InChI=1S/C20H21N3O2S/c1-13-11-17-18(21-14(13)2)22-19(26-17)16-9-6-10-23(16)20(24)25-12-15-7-4-3-5-8-15/h3-5,7-8,11,16H,6,9-10,12H2,1-2H3/t16-/m1/s1. The summed E-state index contributed by atoms with van der Waals surface area (Å²) in [6.07, 6.45) is 1.61. The average molecular weight is 367 g/mol. The van der Waals surface area contributed by atoms with Crippen LogP contribution in [0.1, 0.15) is 40.7 Å². The maximum absolute atomic E-state index is 12.6. The Balaban J connectivity index is 1.51. The Kier molecular flexibility index (Phi) is 4.59. The summed E-state index contributed by atoms with van der Waals surface area (Å²) in [5.74, 6) is 0. The first-order valence-corrected chi connectivity index (χ1v) is 9.65. The molecule has 1 aliphatic rings. The summed E-state index contributed by atoms with van der Waals surface area (Å²) >= 11 is 1.63. The van der Waals surface area contributed by atoms with Crippen LogP contribution in [-0.4, -0.2) is 27.5 Å². The van der Waals surface area contributed by atoms with Gasteiger partial charge in [-0.05, 0) is 43.9 Å². The highest BCUT2D eigenvalue weighted by Crippen LogP contribution is 2.36. The minimum absolute atomic E-state index is 0.0157. The van der Waals surface area contributed by atoms with Gasteiger partial charge in [-0.25, -0.2) is 14.8 Å². The van der Waals surface area contributed by atoms with Crippen molar-refractivity contribution >= 4 is 27.8 Å². The zero-order chi connectivity index (χ0) is 18.1. The number of amides is 1. The molecule has 0 spiro atoms. The van der Waals surface area contributed by atoms with Crippen molar-refractivity contribution in [2.45, 2.75) is 39.3 Å². The monoisotopic (exact) mass is 367 g/mol. The third-order valence-electron chi connectivity index (χ3n) is 4.82. The largest absolute Gasteiger partial charge is 0.445 e. The minimum atomic E-state index is -0.268. The zero-order valence-electron chi connectivity index (χ0n) is 14.9. The van der Waals surface area contributed by atoms with Crippen molar-refractivity contribution < 1.29 is 9.53 Å². The summed E-state index contributed by atoms with van der Waals surface area (Å²) in [7, 11) is 0. The van der Waals surface area contributed by atoms with Crippen LogP contribution in [0.4, 0.5) is 4.79 Å². The summed E-state index contributed by atoms with van der Waals surface area (Å²) in [6.45, 7) is 5.06. The van der Waals surface area contributed by atoms with Crippen molar-refractivity contribution in [3.63, 3.8) is 0 Å².